The second kappa shape index (κ2) is 19.1. The number of alkyl halides is 1. The van der Waals surface area contributed by atoms with Crippen LogP contribution in [0.4, 0.5) is 15.0 Å². The van der Waals surface area contributed by atoms with Gasteiger partial charge < -0.3 is 44.4 Å². The van der Waals surface area contributed by atoms with Gasteiger partial charge in [0.2, 0.25) is 0 Å². The minimum absolute atomic E-state index is 0.0857. The van der Waals surface area contributed by atoms with Gasteiger partial charge in [0, 0.05) is 51.4 Å². The molecule has 2 aromatic heterocycles. The number of anilines is 1. The molecule has 3 fully saturated rings. The smallest absolute Gasteiger partial charge is 0.410 e. The van der Waals surface area contributed by atoms with Gasteiger partial charge in [-0.25, -0.2) is 19.0 Å². The number of nitrogens with one attached hydrogen (secondary N) is 1. The number of nitrogens with zero attached hydrogens (tertiary/aromatic N) is 6. The molecule has 1 unspecified atom stereocenters. The number of hydrogen-bond donors (Lipinski definition) is 2. The fourth-order valence-electron chi connectivity index (χ4n) is 9.53. The second-order valence-electron chi connectivity index (χ2n) is 17.6. The van der Waals surface area contributed by atoms with Crippen LogP contribution in [-0.2, 0) is 44.6 Å². The monoisotopic (exact) mass is 847 g/mol. The molecule has 3 saturated heterocycles. The van der Waals surface area contributed by atoms with E-state index in [2.05, 4.69) is 20.6 Å². The molecule has 17 nitrogen and oxygen atoms in total. The van der Waals surface area contributed by atoms with Gasteiger partial charge in [-0.05, 0) is 99.9 Å². The van der Waals surface area contributed by atoms with E-state index in [1.54, 1.807) is 55.8 Å². The number of ether oxygens (including phenoxy) is 6. The van der Waals surface area contributed by atoms with Crippen LogP contribution < -0.4 is 11.1 Å². The van der Waals surface area contributed by atoms with Crippen LogP contribution in [0.1, 0.15) is 87.5 Å². The summed E-state index contributed by atoms with van der Waals surface area (Å²) in [5.74, 6) is -3.26. The quantitative estimate of drug-likeness (QED) is 0.175. The Morgan fingerprint density at radius 1 is 1.05 bits per heavy atom. The third-order valence-electron chi connectivity index (χ3n) is 12.7. The third kappa shape index (κ3) is 9.78. The van der Waals surface area contributed by atoms with Crippen molar-refractivity contribution in [2.45, 2.75) is 166 Å². The van der Waals surface area contributed by atoms with Crippen molar-refractivity contribution in [3.63, 3.8) is 0 Å². The average molecular weight is 847 g/mol. The predicted octanol–water partition coefficient (Wildman–Crippen LogP) is 4.18. The number of Topliss-reactive ketones (excluding diaryl/α,β-unsaturated/α-hetero) is 1. The summed E-state index contributed by atoms with van der Waals surface area (Å²) in [6, 6.07) is 3.80. The van der Waals surface area contributed by atoms with Crippen molar-refractivity contribution >= 4 is 23.7 Å². The lowest BCUT2D eigenvalue weighted by atomic mass is 9.78. The molecule has 336 valence electrons. The molecule has 0 aliphatic carbocycles. The molecule has 3 N–H and O–H groups in total. The molecule has 0 aromatic carbocycles. The molecule has 60 heavy (non-hydrogen) atoms. The highest BCUT2D eigenvalue weighted by molar-refractivity contribution is 6.07. The molecule has 3 aliphatic heterocycles. The first-order chi connectivity index (χ1) is 28.2. The van der Waals surface area contributed by atoms with E-state index in [9.17, 15) is 14.4 Å². The number of fused-ring (bicyclic) bond motifs is 1. The Morgan fingerprint density at radius 3 is 2.38 bits per heavy atom. The van der Waals surface area contributed by atoms with Gasteiger partial charge in [0.25, 0.3) is 5.67 Å². The van der Waals surface area contributed by atoms with E-state index in [-0.39, 0.29) is 31.0 Å². The maximum absolute atomic E-state index is 17.0. The van der Waals surface area contributed by atoms with E-state index in [4.69, 9.17) is 34.2 Å². The third-order valence-corrected chi connectivity index (χ3v) is 12.7. The van der Waals surface area contributed by atoms with Gasteiger partial charge in [-0.3, -0.25) is 14.4 Å². The van der Waals surface area contributed by atoms with Crippen molar-refractivity contribution in [2.75, 3.05) is 40.6 Å². The molecule has 2 aromatic rings. The Bertz CT molecular complexity index is 1800. The molecular weight excluding hydrogens is 780 g/mol. The number of cyclic esters (lactones) is 1. The first-order valence-electron chi connectivity index (χ1n) is 21.1. The van der Waals surface area contributed by atoms with Gasteiger partial charge >= 0.3 is 12.1 Å². The van der Waals surface area contributed by atoms with Crippen LogP contribution >= 0.6 is 0 Å². The van der Waals surface area contributed by atoms with Gasteiger partial charge in [-0.1, -0.05) is 25.1 Å². The van der Waals surface area contributed by atoms with Crippen LogP contribution in [0.5, 0.6) is 0 Å². The minimum atomic E-state index is -3.10. The van der Waals surface area contributed by atoms with Gasteiger partial charge in [0.15, 0.2) is 17.7 Å². The van der Waals surface area contributed by atoms with Crippen LogP contribution in [0.25, 0.3) is 11.4 Å². The van der Waals surface area contributed by atoms with Gasteiger partial charge in [-0.2, -0.15) is 0 Å². The lowest BCUT2D eigenvalue weighted by Crippen LogP contribution is -2.64. The number of ketones is 1. The van der Waals surface area contributed by atoms with E-state index >= 15 is 4.39 Å². The maximum atomic E-state index is 17.0. The number of nitrogen functional groups attached to an aromatic ring is 1. The van der Waals surface area contributed by atoms with Gasteiger partial charge in [0.1, 0.15) is 23.7 Å². The summed E-state index contributed by atoms with van der Waals surface area (Å²) in [6.45, 7) is 14.4. The molecule has 5 rings (SSSR count). The zero-order chi connectivity index (χ0) is 44.3. The van der Waals surface area contributed by atoms with Crippen molar-refractivity contribution in [1.29, 1.82) is 0 Å². The molecule has 0 bridgehead atoms. The molecule has 5 heterocycles. The molecule has 13 atom stereocenters. The van der Waals surface area contributed by atoms with Crippen LogP contribution in [0.3, 0.4) is 0 Å². The number of amides is 1. The number of nitrogens with two attached hydrogens (primary N) is 1. The fraction of sp³-hybridized carbons (Fsp3) is 0.762. The molecule has 3 aliphatic rings. The number of aryl methyl sites for hydroxylation is 1. The summed E-state index contributed by atoms with van der Waals surface area (Å²) in [6.07, 6.45) is -0.399. The Balaban J connectivity index is 1.43. The van der Waals surface area contributed by atoms with E-state index in [0.29, 0.717) is 49.6 Å². The highest BCUT2D eigenvalue weighted by atomic mass is 19.1. The van der Waals surface area contributed by atoms with Crippen LogP contribution in [0.2, 0.25) is 0 Å². The Morgan fingerprint density at radius 2 is 1.75 bits per heavy atom. The Kier molecular flexibility index (Phi) is 15.0. The zero-order valence-electron chi connectivity index (χ0n) is 37.3. The topological polar surface area (TPSA) is 195 Å². The first kappa shape index (κ1) is 47.2. The van der Waals surface area contributed by atoms with Crippen LogP contribution in [0, 0.1) is 5.92 Å². The average Bonchev–Trinajstić information content (AvgIpc) is 3.77. The highest BCUT2D eigenvalue weighted by Crippen LogP contribution is 2.41. The largest absolute Gasteiger partial charge is 0.455 e. The number of pyridine rings is 1. The molecule has 0 spiro atoms. The summed E-state index contributed by atoms with van der Waals surface area (Å²) < 4.78 is 56.0. The first-order valence-corrected chi connectivity index (χ1v) is 21.1. The number of carbonyl (C=O) groups is 3. The number of esters is 1. The van der Waals surface area contributed by atoms with E-state index in [1.807, 2.05) is 45.8 Å². The number of rotatable bonds is 12. The summed E-state index contributed by atoms with van der Waals surface area (Å²) in [5.41, 5.74) is 1.29. The van der Waals surface area contributed by atoms with E-state index in [1.165, 1.54) is 14.0 Å². The molecule has 0 saturated carbocycles. The predicted molar refractivity (Wildman–Crippen MR) is 220 cm³/mol. The summed E-state index contributed by atoms with van der Waals surface area (Å²) in [7, 11) is 6.98. The van der Waals surface area contributed by atoms with Gasteiger partial charge in [0.05, 0.1) is 35.7 Å². The number of unbranched alkanes of at least 4 members (excludes halogenated alkanes) is 1. The second-order valence-corrected chi connectivity index (χ2v) is 17.6. The molecular formula is C42H67FN8O9. The number of carbonyl (C=O) groups excluding carboxylic acids is 3. The summed E-state index contributed by atoms with van der Waals surface area (Å²) in [5, 5.41) is 12.1. The van der Waals surface area contributed by atoms with Crippen molar-refractivity contribution < 1.29 is 47.2 Å². The summed E-state index contributed by atoms with van der Waals surface area (Å²) >= 11 is 0. The van der Waals surface area contributed by atoms with Crippen molar-refractivity contribution in [3.05, 3.63) is 24.4 Å². The minimum Gasteiger partial charge on any atom is -0.455 e. The van der Waals surface area contributed by atoms with E-state index < -0.39 is 77.3 Å². The Labute approximate surface area is 353 Å². The lowest BCUT2D eigenvalue weighted by molar-refractivity contribution is -0.299. The van der Waals surface area contributed by atoms with Crippen molar-refractivity contribution in [2.24, 2.45) is 5.92 Å². The Hall–Kier alpha value is -3.81. The summed E-state index contributed by atoms with van der Waals surface area (Å²) in [4.78, 5) is 50.2. The standard InChI is InChI=1S/C42H67FN8O9/c1-13-31-42(8)34(51(39(54)60-42)20-15-14-19-50-23-29(47-48-50)28-17-16-18-32(44)46-28)27(5)45-24(2)22-40(6,56-12)36(26(4)35(52)41(7,43)38(53)58-31)59-37-33(55-11)30(49(9)10)21-25(3)57-37/h16-18,23-27,30-31,33-34,36-37,45H,13-15,19-22H2,1-12H3,(H2,44,46)/t24-,25-,26+,27+,30+,31+,33-,34-,36-,37?,40+,41+,42-/m1/s1. The zero-order valence-corrected chi connectivity index (χ0v) is 37.3. The van der Waals surface area contributed by atoms with Crippen LogP contribution in [0.15, 0.2) is 24.4 Å². The highest BCUT2D eigenvalue weighted by Gasteiger charge is 2.60. The fourth-order valence-corrected chi connectivity index (χ4v) is 9.53. The number of halogens is 1. The van der Waals surface area contributed by atoms with Crippen LogP contribution in [-0.4, -0.2) is 154 Å². The SMILES string of the molecule is CC[C@@H]1OC(=O)[C@@](C)(F)C(=O)[C@H](C)[C@@H](OC2O[C@H](C)C[C@H](N(C)C)[C@H]2OC)[C@@](C)(OC)C[C@@H](C)N[C@@H](C)[C@H]2N(CCCCn3cc(-c4cccc(N)n4)nn3)C(=O)O[C@]12C. The van der Waals surface area contributed by atoms with Crippen molar-refractivity contribution in [3.8, 4) is 11.4 Å². The van der Waals surface area contributed by atoms with Crippen molar-refractivity contribution in [1.82, 2.24) is 35.1 Å². The number of aromatic nitrogens is 4. The van der Waals surface area contributed by atoms with Gasteiger partial charge in [-0.15, -0.1) is 5.10 Å². The number of hydrogen-bond acceptors (Lipinski definition) is 15. The molecule has 18 heteroatoms. The molecule has 0 radical (unpaired) electrons. The normalized spacial score (nSPS) is 37.1. The molecule has 1 amide bonds. The van der Waals surface area contributed by atoms with E-state index in [0.717, 1.165) is 6.92 Å². The number of likely N-dealkylation sites (N-methyl/N-ethyl adjacent to an activating group) is 1. The maximum Gasteiger partial charge on any atom is 0.410 e. The lowest BCUT2D eigenvalue weighted by Gasteiger charge is -2.48. The number of methoxy groups -OCH3 is 2.